The van der Waals surface area contributed by atoms with E-state index in [1.165, 1.54) is 6.07 Å². The summed E-state index contributed by atoms with van der Waals surface area (Å²) in [4.78, 5) is 10.4. The first-order valence-electron chi connectivity index (χ1n) is 3.62. The number of hydrogen-bond donors (Lipinski definition) is 0. The van der Waals surface area contributed by atoms with Crippen molar-refractivity contribution in [3.8, 4) is 0 Å². The van der Waals surface area contributed by atoms with Gasteiger partial charge in [0.25, 0.3) is 0 Å². The van der Waals surface area contributed by atoms with Crippen molar-refractivity contribution in [2.75, 3.05) is 0 Å². The molecule has 64 valence electrons. The highest BCUT2D eigenvalue weighted by molar-refractivity contribution is 5.77. The molecule has 0 saturated carbocycles. The van der Waals surface area contributed by atoms with Gasteiger partial charge in [-0.25, -0.2) is 8.78 Å². The second-order valence-corrected chi connectivity index (χ2v) is 2.43. The van der Waals surface area contributed by atoms with E-state index in [2.05, 4.69) is 0 Å². The first kappa shape index (κ1) is 8.84. The van der Waals surface area contributed by atoms with Gasteiger partial charge in [-0.1, -0.05) is 6.92 Å². The minimum Gasteiger partial charge on any atom is -0.298 e. The monoisotopic (exact) mass is 170 g/mol. The summed E-state index contributed by atoms with van der Waals surface area (Å²) >= 11 is 0. The lowest BCUT2D eigenvalue weighted by molar-refractivity contribution is 0.111. The molecule has 0 aliphatic rings. The average Bonchev–Trinajstić information content (AvgIpc) is 2.03. The van der Waals surface area contributed by atoms with Crippen LogP contribution in [0.4, 0.5) is 8.78 Å². The summed E-state index contributed by atoms with van der Waals surface area (Å²) in [6, 6.07) is 1.88. The van der Waals surface area contributed by atoms with Gasteiger partial charge in [-0.3, -0.25) is 4.79 Å². The van der Waals surface area contributed by atoms with Crippen LogP contribution in [0, 0.1) is 11.6 Å². The summed E-state index contributed by atoms with van der Waals surface area (Å²) < 4.78 is 25.4. The van der Waals surface area contributed by atoms with E-state index in [0.717, 1.165) is 0 Å². The van der Waals surface area contributed by atoms with Gasteiger partial charge in [0.2, 0.25) is 0 Å². The van der Waals surface area contributed by atoms with Crippen molar-refractivity contribution < 1.29 is 13.6 Å². The van der Waals surface area contributed by atoms with Crippen LogP contribution in [0.2, 0.25) is 0 Å². The van der Waals surface area contributed by atoms with E-state index >= 15 is 0 Å². The number of aldehydes is 1. The molecule has 0 N–H and O–H groups in total. The maximum atomic E-state index is 12.8. The second-order valence-electron chi connectivity index (χ2n) is 2.43. The predicted molar refractivity (Wildman–Crippen MR) is 41.1 cm³/mol. The molecular weight excluding hydrogens is 162 g/mol. The van der Waals surface area contributed by atoms with Crippen LogP contribution in [-0.4, -0.2) is 6.29 Å². The Bertz CT molecular complexity index is 308. The second kappa shape index (κ2) is 3.43. The Kier molecular flexibility index (Phi) is 2.53. The summed E-state index contributed by atoms with van der Waals surface area (Å²) in [5, 5.41) is 0. The summed E-state index contributed by atoms with van der Waals surface area (Å²) in [6.45, 7) is 1.74. The summed E-state index contributed by atoms with van der Waals surface area (Å²) in [7, 11) is 0. The van der Waals surface area contributed by atoms with Crippen LogP contribution in [0.15, 0.2) is 12.1 Å². The fraction of sp³-hybridized carbons (Fsp3) is 0.222. The van der Waals surface area contributed by atoms with Gasteiger partial charge in [-0.15, -0.1) is 0 Å². The van der Waals surface area contributed by atoms with Crippen molar-refractivity contribution in [3.05, 3.63) is 34.9 Å². The maximum Gasteiger partial charge on any atom is 0.153 e. The van der Waals surface area contributed by atoms with E-state index in [1.54, 1.807) is 6.92 Å². The summed E-state index contributed by atoms with van der Waals surface area (Å²) in [6.07, 6.45) is 0.858. The lowest BCUT2D eigenvalue weighted by Gasteiger charge is -2.02. The highest BCUT2D eigenvalue weighted by atomic mass is 19.1. The molecule has 1 aromatic rings. The molecule has 0 radical (unpaired) electrons. The molecular formula is C9H8F2O. The normalized spacial score (nSPS) is 9.92. The number of hydrogen-bond acceptors (Lipinski definition) is 1. The topological polar surface area (TPSA) is 17.1 Å². The zero-order valence-electron chi connectivity index (χ0n) is 6.60. The molecule has 0 amide bonds. The molecule has 1 nitrogen and oxygen atoms in total. The molecule has 0 bridgehead atoms. The zero-order valence-corrected chi connectivity index (χ0v) is 6.60. The van der Waals surface area contributed by atoms with E-state index in [4.69, 9.17) is 0 Å². The van der Waals surface area contributed by atoms with E-state index in [9.17, 15) is 13.6 Å². The Morgan fingerprint density at radius 2 is 2.08 bits per heavy atom. The van der Waals surface area contributed by atoms with Crippen molar-refractivity contribution in [1.82, 2.24) is 0 Å². The van der Waals surface area contributed by atoms with Crippen molar-refractivity contribution in [2.45, 2.75) is 13.3 Å². The van der Waals surface area contributed by atoms with Crippen LogP contribution in [0.1, 0.15) is 22.8 Å². The Morgan fingerprint density at radius 3 is 2.58 bits per heavy atom. The van der Waals surface area contributed by atoms with Gasteiger partial charge < -0.3 is 0 Å². The van der Waals surface area contributed by atoms with E-state index < -0.39 is 11.6 Å². The Balaban J connectivity index is 3.33. The smallest absolute Gasteiger partial charge is 0.153 e. The van der Waals surface area contributed by atoms with Crippen LogP contribution < -0.4 is 0 Å². The van der Waals surface area contributed by atoms with Crippen LogP contribution >= 0.6 is 0 Å². The fourth-order valence-electron chi connectivity index (χ4n) is 1.06. The summed E-state index contributed by atoms with van der Waals surface area (Å²) in [5.41, 5.74) is 0.362. The molecule has 0 spiro atoms. The molecule has 3 heteroatoms. The molecule has 0 aromatic heterocycles. The van der Waals surface area contributed by atoms with Gasteiger partial charge in [0, 0.05) is 6.07 Å². The van der Waals surface area contributed by atoms with Crippen molar-refractivity contribution in [2.24, 2.45) is 0 Å². The maximum absolute atomic E-state index is 12.8. The Morgan fingerprint density at radius 1 is 1.42 bits per heavy atom. The SMILES string of the molecule is CCc1cc(F)cc(F)c1C=O. The molecule has 0 fully saturated rings. The molecule has 0 aliphatic carbocycles. The van der Waals surface area contributed by atoms with Crippen molar-refractivity contribution >= 4 is 6.29 Å². The third kappa shape index (κ3) is 1.49. The standard InChI is InChI=1S/C9H8F2O/c1-2-6-3-7(10)4-9(11)8(6)5-12/h3-5H,2H2,1H3. The van der Waals surface area contributed by atoms with Gasteiger partial charge in [-0.05, 0) is 18.1 Å². The molecule has 1 aromatic carbocycles. The molecule has 0 atom stereocenters. The highest BCUT2D eigenvalue weighted by Crippen LogP contribution is 2.14. The zero-order chi connectivity index (χ0) is 9.14. The highest BCUT2D eigenvalue weighted by Gasteiger charge is 2.08. The van der Waals surface area contributed by atoms with E-state index in [1.807, 2.05) is 0 Å². The Hall–Kier alpha value is -1.25. The fourth-order valence-corrected chi connectivity index (χ4v) is 1.06. The van der Waals surface area contributed by atoms with Crippen LogP contribution in [-0.2, 0) is 6.42 Å². The average molecular weight is 170 g/mol. The van der Waals surface area contributed by atoms with E-state index in [-0.39, 0.29) is 5.56 Å². The number of aryl methyl sites for hydroxylation is 1. The van der Waals surface area contributed by atoms with Crippen LogP contribution in [0.5, 0.6) is 0 Å². The third-order valence-electron chi connectivity index (χ3n) is 1.68. The van der Waals surface area contributed by atoms with Gasteiger partial charge in [0.1, 0.15) is 11.6 Å². The van der Waals surface area contributed by atoms with Gasteiger partial charge in [-0.2, -0.15) is 0 Å². The molecule has 0 saturated heterocycles. The van der Waals surface area contributed by atoms with Crippen molar-refractivity contribution in [3.63, 3.8) is 0 Å². The number of halogens is 2. The lowest BCUT2D eigenvalue weighted by Crippen LogP contribution is -1.96. The van der Waals surface area contributed by atoms with Gasteiger partial charge in [0.05, 0.1) is 5.56 Å². The number of carbonyl (C=O) groups is 1. The van der Waals surface area contributed by atoms with Gasteiger partial charge >= 0.3 is 0 Å². The lowest BCUT2D eigenvalue weighted by atomic mass is 10.1. The molecule has 0 aliphatic heterocycles. The number of rotatable bonds is 2. The quantitative estimate of drug-likeness (QED) is 0.622. The van der Waals surface area contributed by atoms with Crippen LogP contribution in [0.25, 0.3) is 0 Å². The molecule has 12 heavy (non-hydrogen) atoms. The summed E-state index contributed by atoms with van der Waals surface area (Å²) in [5.74, 6) is -1.43. The van der Waals surface area contributed by atoms with E-state index in [0.29, 0.717) is 24.3 Å². The number of benzene rings is 1. The predicted octanol–water partition coefficient (Wildman–Crippen LogP) is 2.34. The first-order chi connectivity index (χ1) is 5.69. The minimum atomic E-state index is -0.790. The van der Waals surface area contributed by atoms with Crippen LogP contribution in [0.3, 0.4) is 0 Å². The molecule has 1 rings (SSSR count). The Labute approximate surface area is 69.0 Å². The molecule has 0 heterocycles. The van der Waals surface area contributed by atoms with Gasteiger partial charge in [0.15, 0.2) is 6.29 Å². The van der Waals surface area contributed by atoms with Crippen molar-refractivity contribution in [1.29, 1.82) is 0 Å². The third-order valence-corrected chi connectivity index (χ3v) is 1.68. The number of carbonyl (C=O) groups excluding carboxylic acids is 1. The molecule has 0 unspecified atom stereocenters. The largest absolute Gasteiger partial charge is 0.298 e. The first-order valence-corrected chi connectivity index (χ1v) is 3.62. The minimum absolute atomic E-state index is 0.0427.